The van der Waals surface area contributed by atoms with Crippen LogP contribution in [0.25, 0.3) is 33.3 Å². The lowest BCUT2D eigenvalue weighted by molar-refractivity contribution is -0.179. The van der Waals surface area contributed by atoms with Crippen LogP contribution in [0.5, 0.6) is 0 Å². The minimum atomic E-state index is -4.74. The van der Waals surface area contributed by atoms with Gasteiger partial charge in [0, 0.05) is 86.2 Å². The van der Waals surface area contributed by atoms with Crippen molar-refractivity contribution in [2.45, 2.75) is 24.6 Å². The smallest absolute Gasteiger partial charge is 0.408 e. The van der Waals surface area contributed by atoms with Gasteiger partial charge in [-0.15, -0.1) is 0 Å². The van der Waals surface area contributed by atoms with Gasteiger partial charge >= 0.3 is 12.1 Å². The summed E-state index contributed by atoms with van der Waals surface area (Å²) < 4.78 is 73.5. The lowest BCUT2D eigenvalue weighted by Crippen LogP contribution is -2.55. The number of fused-ring (bicyclic) bond motifs is 4. The number of benzene rings is 1. The van der Waals surface area contributed by atoms with Crippen molar-refractivity contribution in [3.05, 3.63) is 69.4 Å². The first-order valence-corrected chi connectivity index (χ1v) is 12.8. The van der Waals surface area contributed by atoms with Gasteiger partial charge in [0.1, 0.15) is 16.7 Å². The van der Waals surface area contributed by atoms with E-state index < -0.39 is 53.3 Å². The van der Waals surface area contributed by atoms with Crippen molar-refractivity contribution in [3.8, 4) is 22.3 Å². The number of aromatic nitrogens is 3. The number of aryl methyl sites for hydroxylation is 1. The van der Waals surface area contributed by atoms with Crippen LogP contribution >= 0.6 is 0 Å². The second-order valence-corrected chi connectivity index (χ2v) is 10.6. The highest BCUT2D eigenvalue weighted by Gasteiger charge is 2.56. The molecule has 6 rings (SSSR count). The molecule has 1 aromatic carbocycles. The summed E-state index contributed by atoms with van der Waals surface area (Å²) in [4.78, 5) is 34.9. The third-order valence-corrected chi connectivity index (χ3v) is 8.06. The number of carboxylic acids is 1. The Morgan fingerprint density at radius 1 is 1.17 bits per heavy atom. The monoisotopic (exact) mass is 586 g/mol. The molecule has 218 valence electrons. The number of pyridine rings is 3. The number of hydrogen-bond acceptors (Lipinski definition) is 7. The number of rotatable bonds is 4. The molecule has 0 spiro atoms. The minimum absolute atomic E-state index is 0.0543. The van der Waals surface area contributed by atoms with Gasteiger partial charge in [-0.05, 0) is 18.1 Å². The number of hydrogen-bond donors (Lipinski definition) is 3. The second-order valence-electron chi connectivity index (χ2n) is 10.6. The molecule has 9 nitrogen and oxygen atoms in total. The van der Waals surface area contributed by atoms with Crippen LogP contribution in [0.15, 0.2) is 35.5 Å². The minimum Gasteiger partial charge on any atom is -0.477 e. The molecule has 1 aliphatic carbocycles. The van der Waals surface area contributed by atoms with E-state index in [1.165, 1.54) is 42.0 Å². The number of carbonyl (C=O) groups is 1. The molecular formula is C28H23F5N6O3. The van der Waals surface area contributed by atoms with Crippen LogP contribution in [0.3, 0.4) is 0 Å². The molecule has 42 heavy (non-hydrogen) atoms. The average Bonchev–Trinajstić information content (AvgIpc) is 3.53. The van der Waals surface area contributed by atoms with E-state index in [0.29, 0.717) is 16.9 Å². The van der Waals surface area contributed by atoms with Gasteiger partial charge in [0.25, 0.3) is 0 Å². The van der Waals surface area contributed by atoms with Crippen LogP contribution in [0.4, 0.5) is 33.3 Å². The van der Waals surface area contributed by atoms with Gasteiger partial charge in [-0.25, -0.2) is 18.6 Å². The molecule has 3 aromatic heterocycles. The molecule has 4 N–H and O–H groups in total. The van der Waals surface area contributed by atoms with Crippen molar-refractivity contribution >= 4 is 28.4 Å². The van der Waals surface area contributed by atoms with Crippen molar-refractivity contribution in [2.24, 2.45) is 12.8 Å². The van der Waals surface area contributed by atoms with Gasteiger partial charge in [-0.1, -0.05) is 0 Å². The summed E-state index contributed by atoms with van der Waals surface area (Å²) in [5.74, 6) is -3.77. The molecule has 1 saturated heterocycles. The molecule has 2 aliphatic rings. The molecule has 4 aromatic rings. The van der Waals surface area contributed by atoms with E-state index in [9.17, 15) is 32.3 Å². The first-order valence-electron chi connectivity index (χ1n) is 12.8. The van der Waals surface area contributed by atoms with Crippen LogP contribution in [0.2, 0.25) is 0 Å². The van der Waals surface area contributed by atoms with E-state index in [2.05, 4.69) is 15.3 Å². The van der Waals surface area contributed by atoms with E-state index in [-0.39, 0.29) is 51.9 Å². The molecule has 14 heteroatoms. The zero-order valence-corrected chi connectivity index (χ0v) is 22.2. The summed E-state index contributed by atoms with van der Waals surface area (Å²) >= 11 is 0. The van der Waals surface area contributed by atoms with Crippen LogP contribution in [0.1, 0.15) is 28.0 Å². The fraction of sp³-hybridized carbons (Fsp3) is 0.286. The third-order valence-electron chi connectivity index (χ3n) is 8.06. The van der Waals surface area contributed by atoms with Crippen molar-refractivity contribution in [2.75, 3.05) is 30.4 Å². The first-order chi connectivity index (χ1) is 19.8. The Morgan fingerprint density at radius 3 is 2.55 bits per heavy atom. The molecule has 1 atom stereocenters. The Labute approximate surface area is 234 Å². The van der Waals surface area contributed by atoms with Crippen molar-refractivity contribution < 1.29 is 31.9 Å². The predicted octanol–water partition coefficient (Wildman–Crippen LogP) is 4.05. The highest BCUT2D eigenvalue weighted by molar-refractivity contribution is 5.98. The number of halogens is 5. The SMILES string of the molecule is CNc1cc(F)c(F)c2c1Cc1ncc(-c3cnc4c(c3)c(=O)c(C(=O)O)cn4C)c(N3CCC(N)(C(F)(F)F)C3)c1-2. The Balaban J connectivity index is 1.65. The second kappa shape index (κ2) is 9.21. The molecule has 1 aliphatic heterocycles. The summed E-state index contributed by atoms with van der Waals surface area (Å²) in [5, 5.41) is 12.3. The molecule has 0 saturated carbocycles. The number of anilines is 2. The Hall–Kier alpha value is -4.59. The van der Waals surface area contributed by atoms with Crippen molar-refractivity contribution in [1.82, 2.24) is 14.5 Å². The third kappa shape index (κ3) is 3.92. The maximum atomic E-state index is 15.5. The summed E-state index contributed by atoms with van der Waals surface area (Å²) in [6.07, 6.45) is -1.22. The number of aromatic carboxylic acids is 1. The van der Waals surface area contributed by atoms with Crippen LogP contribution in [0, 0.1) is 11.6 Å². The quantitative estimate of drug-likeness (QED) is 0.269. The molecule has 0 amide bonds. The average molecular weight is 587 g/mol. The number of carboxylic acid groups (broad SMARTS) is 1. The van der Waals surface area contributed by atoms with Crippen molar-refractivity contribution in [1.29, 1.82) is 0 Å². The summed E-state index contributed by atoms with van der Waals surface area (Å²) in [6, 6.07) is 2.38. The highest BCUT2D eigenvalue weighted by atomic mass is 19.4. The topological polar surface area (TPSA) is 126 Å². The van der Waals surface area contributed by atoms with Crippen molar-refractivity contribution in [3.63, 3.8) is 0 Å². The maximum absolute atomic E-state index is 15.5. The molecular weight excluding hydrogens is 563 g/mol. The van der Waals surface area contributed by atoms with Crippen LogP contribution in [-0.4, -0.2) is 57.5 Å². The summed E-state index contributed by atoms with van der Waals surface area (Å²) in [7, 11) is 3.05. The standard InChI is InChI=1S/C28H23F5N6O3/c1-35-18-7-17(29)22(30)20-13(18)6-19-21(20)23(39-4-3-27(34,11-39)28(31,32)33)15(9-36-19)12-5-14-24(40)16(26(41)42)10-38(2)25(14)37-8-12/h5,7-10,35H,3-4,6,11,34H2,1-2H3,(H,41,42). The van der Waals surface area contributed by atoms with Gasteiger partial charge in [0.15, 0.2) is 11.6 Å². The number of nitrogens with one attached hydrogen (secondary N) is 1. The lowest BCUT2D eigenvalue weighted by atomic mass is 9.96. The van der Waals surface area contributed by atoms with E-state index in [4.69, 9.17) is 5.73 Å². The molecule has 0 radical (unpaired) electrons. The zero-order chi connectivity index (χ0) is 30.3. The zero-order valence-electron chi connectivity index (χ0n) is 22.2. The summed E-state index contributed by atoms with van der Waals surface area (Å²) in [5.41, 5.74) is 3.66. The van der Waals surface area contributed by atoms with Gasteiger partial charge in [-0.3, -0.25) is 9.78 Å². The Bertz CT molecular complexity index is 1890. The van der Waals surface area contributed by atoms with Gasteiger partial charge in [0.2, 0.25) is 5.43 Å². The fourth-order valence-electron chi connectivity index (χ4n) is 5.89. The van der Waals surface area contributed by atoms with Gasteiger partial charge < -0.3 is 25.6 Å². The lowest BCUT2D eigenvalue weighted by Gasteiger charge is -2.30. The van der Waals surface area contributed by atoms with E-state index in [0.717, 1.165) is 12.3 Å². The Morgan fingerprint density at radius 2 is 1.90 bits per heavy atom. The molecule has 1 unspecified atom stereocenters. The predicted molar refractivity (Wildman–Crippen MR) is 145 cm³/mol. The highest BCUT2D eigenvalue weighted by Crippen LogP contribution is 2.51. The van der Waals surface area contributed by atoms with Crippen LogP contribution in [-0.2, 0) is 13.5 Å². The van der Waals surface area contributed by atoms with Gasteiger partial charge in [0.05, 0.1) is 16.8 Å². The van der Waals surface area contributed by atoms with E-state index in [1.54, 1.807) is 0 Å². The maximum Gasteiger partial charge on any atom is 0.408 e. The fourth-order valence-corrected chi connectivity index (χ4v) is 5.89. The normalized spacial score (nSPS) is 18.0. The molecule has 4 heterocycles. The largest absolute Gasteiger partial charge is 0.477 e. The Kier molecular flexibility index (Phi) is 6.05. The van der Waals surface area contributed by atoms with Gasteiger partial charge in [-0.2, -0.15) is 13.2 Å². The van der Waals surface area contributed by atoms with Crippen LogP contribution < -0.4 is 21.4 Å². The molecule has 1 fully saturated rings. The van der Waals surface area contributed by atoms with E-state index in [1.807, 2.05) is 0 Å². The number of nitrogens with zero attached hydrogens (tertiary/aromatic N) is 4. The summed E-state index contributed by atoms with van der Waals surface area (Å²) in [6.45, 7) is -0.826. The molecule has 0 bridgehead atoms. The number of nitrogens with two attached hydrogens (primary N) is 1. The van der Waals surface area contributed by atoms with E-state index >= 15 is 4.39 Å². The first kappa shape index (κ1) is 27.6. The number of alkyl halides is 3.